The molecule has 0 aromatic heterocycles. The number of nitrogens with one attached hydrogen (secondary N) is 1. The van der Waals surface area contributed by atoms with E-state index in [-0.39, 0.29) is 16.9 Å². The van der Waals surface area contributed by atoms with E-state index >= 15 is 0 Å². The van der Waals surface area contributed by atoms with Crippen LogP contribution >= 0.6 is 11.6 Å². The monoisotopic (exact) mass is 354 g/mol. The molecule has 2 aromatic carbocycles. The van der Waals surface area contributed by atoms with Gasteiger partial charge in [-0.05, 0) is 37.3 Å². The van der Waals surface area contributed by atoms with E-state index in [1.165, 1.54) is 31.2 Å². The predicted molar refractivity (Wildman–Crippen MR) is 85.7 cm³/mol. The molecule has 0 saturated carbocycles. The van der Waals surface area contributed by atoms with E-state index in [0.717, 1.165) is 12.1 Å². The third-order valence-corrected chi connectivity index (χ3v) is 3.31. The molecule has 0 unspecified atom stereocenters. The number of hydrogen-bond donors (Lipinski definition) is 2. The van der Waals surface area contributed by atoms with Crippen molar-refractivity contribution in [3.8, 4) is 0 Å². The van der Waals surface area contributed by atoms with Crippen LogP contribution in [0.15, 0.2) is 36.4 Å². The van der Waals surface area contributed by atoms with Crippen molar-refractivity contribution in [1.29, 1.82) is 0 Å². The van der Waals surface area contributed by atoms with E-state index in [2.05, 4.69) is 5.32 Å². The van der Waals surface area contributed by atoms with Crippen LogP contribution in [0.2, 0.25) is 5.02 Å². The molecule has 0 spiro atoms. The third-order valence-electron chi connectivity index (χ3n) is 3.07. The van der Waals surface area contributed by atoms with Crippen LogP contribution in [-0.4, -0.2) is 18.0 Å². The zero-order valence-corrected chi connectivity index (χ0v) is 13.2. The molecule has 24 heavy (non-hydrogen) atoms. The van der Waals surface area contributed by atoms with Gasteiger partial charge in [-0.2, -0.15) is 0 Å². The highest BCUT2D eigenvalue weighted by Gasteiger charge is 2.21. The van der Waals surface area contributed by atoms with Crippen LogP contribution < -0.4 is 11.1 Å². The fourth-order valence-corrected chi connectivity index (χ4v) is 2.00. The Morgan fingerprint density at radius 2 is 1.88 bits per heavy atom. The molecule has 5 nitrogen and oxygen atoms in total. The molecule has 0 fully saturated rings. The van der Waals surface area contributed by atoms with Gasteiger partial charge in [0.05, 0.1) is 5.56 Å². The highest BCUT2D eigenvalue weighted by molar-refractivity contribution is 6.31. The van der Waals surface area contributed by atoms with Gasteiger partial charge in [-0.3, -0.25) is 4.79 Å². The first-order valence-corrected chi connectivity index (χ1v) is 7.17. The number of rotatable bonds is 4. The third kappa shape index (κ3) is 4.20. The van der Waals surface area contributed by atoms with Crippen molar-refractivity contribution in [2.75, 3.05) is 11.1 Å². The largest absolute Gasteiger partial charge is 0.449 e. The van der Waals surface area contributed by atoms with E-state index in [0.29, 0.717) is 5.02 Å². The fraction of sp³-hybridized carbons (Fsp3) is 0.125. The van der Waals surface area contributed by atoms with Crippen molar-refractivity contribution in [3.63, 3.8) is 0 Å². The van der Waals surface area contributed by atoms with Gasteiger partial charge in [-0.25, -0.2) is 13.6 Å². The van der Waals surface area contributed by atoms with Gasteiger partial charge in [0.2, 0.25) is 0 Å². The zero-order chi connectivity index (χ0) is 17.9. The summed E-state index contributed by atoms with van der Waals surface area (Å²) in [6.45, 7) is 1.33. The molecule has 0 aliphatic rings. The van der Waals surface area contributed by atoms with E-state index in [9.17, 15) is 18.4 Å². The molecule has 1 atom stereocenters. The normalized spacial score (nSPS) is 11.7. The summed E-state index contributed by atoms with van der Waals surface area (Å²) >= 11 is 5.74. The minimum Gasteiger partial charge on any atom is -0.449 e. The quantitative estimate of drug-likeness (QED) is 0.651. The number of nitrogen functional groups attached to an aromatic ring is 1. The summed E-state index contributed by atoms with van der Waals surface area (Å²) in [5, 5.41) is 2.67. The second kappa shape index (κ2) is 7.27. The Hall–Kier alpha value is -2.67. The van der Waals surface area contributed by atoms with Gasteiger partial charge in [0.15, 0.2) is 17.7 Å². The predicted octanol–water partition coefficient (Wildman–Crippen LogP) is 3.38. The smallest absolute Gasteiger partial charge is 0.341 e. The van der Waals surface area contributed by atoms with Crippen molar-refractivity contribution >= 4 is 34.9 Å². The molecule has 3 N–H and O–H groups in total. The van der Waals surface area contributed by atoms with Crippen LogP contribution in [-0.2, 0) is 9.53 Å². The summed E-state index contributed by atoms with van der Waals surface area (Å²) in [7, 11) is 0. The van der Waals surface area contributed by atoms with Crippen molar-refractivity contribution in [2.24, 2.45) is 0 Å². The van der Waals surface area contributed by atoms with Crippen molar-refractivity contribution in [2.45, 2.75) is 13.0 Å². The van der Waals surface area contributed by atoms with Gasteiger partial charge in [0.25, 0.3) is 5.91 Å². The van der Waals surface area contributed by atoms with E-state index in [4.69, 9.17) is 22.1 Å². The Morgan fingerprint density at radius 1 is 1.17 bits per heavy atom. The summed E-state index contributed by atoms with van der Waals surface area (Å²) in [6.07, 6.45) is -1.18. The molecule has 2 rings (SSSR count). The topological polar surface area (TPSA) is 81.4 Å². The van der Waals surface area contributed by atoms with Crippen LogP contribution in [0.25, 0.3) is 0 Å². The Morgan fingerprint density at radius 3 is 2.50 bits per heavy atom. The number of amides is 1. The van der Waals surface area contributed by atoms with Crippen molar-refractivity contribution in [3.05, 3.63) is 58.6 Å². The number of anilines is 2. The number of nitrogens with two attached hydrogens (primary N) is 1. The Bertz CT molecular complexity index is 799. The number of benzene rings is 2. The summed E-state index contributed by atoms with van der Waals surface area (Å²) < 4.78 is 30.9. The van der Waals surface area contributed by atoms with E-state index in [1.54, 1.807) is 0 Å². The van der Waals surface area contributed by atoms with Crippen LogP contribution in [0.3, 0.4) is 0 Å². The average molecular weight is 355 g/mol. The summed E-state index contributed by atoms with van der Waals surface area (Å²) in [5.41, 5.74) is 5.87. The van der Waals surface area contributed by atoms with Gasteiger partial charge < -0.3 is 15.8 Å². The number of halogens is 3. The maximum atomic E-state index is 13.1. The first-order chi connectivity index (χ1) is 11.3. The van der Waals surface area contributed by atoms with Gasteiger partial charge >= 0.3 is 5.97 Å². The first kappa shape index (κ1) is 17.7. The number of esters is 1. The lowest BCUT2D eigenvalue weighted by atomic mass is 10.2. The van der Waals surface area contributed by atoms with Crippen LogP contribution in [0.5, 0.6) is 0 Å². The second-order valence-electron chi connectivity index (χ2n) is 4.90. The fourth-order valence-electron chi connectivity index (χ4n) is 1.81. The molecular formula is C16H13ClF2N2O3. The van der Waals surface area contributed by atoms with Gasteiger partial charge in [0, 0.05) is 22.5 Å². The summed E-state index contributed by atoms with van der Waals surface area (Å²) in [5.74, 6) is -3.66. The lowest BCUT2D eigenvalue weighted by Gasteiger charge is -2.14. The molecule has 2 aromatic rings. The van der Waals surface area contributed by atoms with E-state index < -0.39 is 29.6 Å². The highest BCUT2D eigenvalue weighted by atomic mass is 35.5. The number of carbonyl (C=O) groups excluding carboxylic acids is 2. The first-order valence-electron chi connectivity index (χ1n) is 6.80. The standard InChI is InChI=1S/C16H13ClF2N2O3/c1-8(15(22)21-10-3-5-12(18)13(19)7-10)24-16(23)11-4-2-9(17)6-14(11)20/h2-8H,20H2,1H3,(H,21,22)/t8-/m0/s1. The lowest BCUT2D eigenvalue weighted by molar-refractivity contribution is -0.123. The van der Waals surface area contributed by atoms with Gasteiger partial charge in [-0.1, -0.05) is 11.6 Å². The van der Waals surface area contributed by atoms with Crippen molar-refractivity contribution < 1.29 is 23.1 Å². The molecule has 8 heteroatoms. The van der Waals surface area contributed by atoms with Crippen molar-refractivity contribution in [1.82, 2.24) is 0 Å². The Labute approximate surface area is 141 Å². The van der Waals surface area contributed by atoms with Crippen LogP contribution in [0.1, 0.15) is 17.3 Å². The molecule has 0 radical (unpaired) electrons. The molecule has 0 heterocycles. The maximum Gasteiger partial charge on any atom is 0.341 e. The average Bonchev–Trinajstić information content (AvgIpc) is 2.50. The molecule has 0 aliphatic heterocycles. The molecule has 0 aliphatic carbocycles. The Balaban J connectivity index is 2.02. The molecule has 1 amide bonds. The summed E-state index contributed by atoms with van der Waals surface area (Å²) in [4.78, 5) is 24.0. The van der Waals surface area contributed by atoms with Gasteiger partial charge in [0.1, 0.15) is 0 Å². The number of hydrogen-bond acceptors (Lipinski definition) is 4. The lowest BCUT2D eigenvalue weighted by Crippen LogP contribution is -2.30. The minimum atomic E-state index is -1.18. The zero-order valence-electron chi connectivity index (χ0n) is 12.5. The minimum absolute atomic E-state index is 0.0350. The van der Waals surface area contributed by atoms with Crippen LogP contribution in [0.4, 0.5) is 20.2 Å². The second-order valence-corrected chi connectivity index (χ2v) is 5.33. The molecule has 0 saturated heterocycles. The van der Waals surface area contributed by atoms with E-state index in [1.807, 2.05) is 0 Å². The summed E-state index contributed by atoms with van der Waals surface area (Å²) in [6, 6.07) is 7.09. The maximum absolute atomic E-state index is 13.1. The Kier molecular flexibility index (Phi) is 5.35. The SMILES string of the molecule is C[C@H](OC(=O)c1ccc(Cl)cc1N)C(=O)Nc1ccc(F)c(F)c1. The van der Waals surface area contributed by atoms with Crippen LogP contribution in [0, 0.1) is 11.6 Å². The molecular weight excluding hydrogens is 342 g/mol. The number of carbonyl (C=O) groups is 2. The van der Waals surface area contributed by atoms with Gasteiger partial charge in [-0.15, -0.1) is 0 Å². The number of ether oxygens (including phenoxy) is 1. The highest BCUT2D eigenvalue weighted by Crippen LogP contribution is 2.19. The molecule has 0 bridgehead atoms. The molecule has 126 valence electrons.